The summed E-state index contributed by atoms with van der Waals surface area (Å²) in [5, 5.41) is 17.7. The molecule has 3 nitrogen and oxygen atoms in total. The van der Waals surface area contributed by atoms with E-state index >= 15 is 0 Å². The van der Waals surface area contributed by atoms with Gasteiger partial charge in [0.2, 0.25) is 0 Å². The van der Waals surface area contributed by atoms with Crippen molar-refractivity contribution in [3.05, 3.63) is 12.7 Å². The molecule has 1 saturated heterocycles. The Balaban J connectivity index is 2.52. The van der Waals surface area contributed by atoms with E-state index < -0.39 is 0 Å². The van der Waals surface area contributed by atoms with E-state index in [1.807, 2.05) is 6.08 Å². The van der Waals surface area contributed by atoms with Gasteiger partial charge in [0.25, 0.3) is 0 Å². The van der Waals surface area contributed by atoms with E-state index in [1.165, 1.54) is 0 Å². The Labute approximate surface area is 85.2 Å². The molecule has 0 saturated carbocycles. The van der Waals surface area contributed by atoms with Gasteiger partial charge in [0.1, 0.15) is 0 Å². The minimum Gasteiger partial charge on any atom is -0.300 e. The fraction of sp³-hybridized carbons (Fsp3) is 0.636. The average Bonchev–Trinajstić information content (AvgIpc) is 2.22. The van der Waals surface area contributed by atoms with Gasteiger partial charge in [0.05, 0.1) is 24.0 Å². The summed E-state index contributed by atoms with van der Waals surface area (Å²) < 4.78 is 0. The third-order valence-corrected chi connectivity index (χ3v) is 2.86. The summed E-state index contributed by atoms with van der Waals surface area (Å²) in [6.45, 7) is 6.38. The highest BCUT2D eigenvalue weighted by Gasteiger charge is 2.34. The Morgan fingerprint density at radius 3 is 2.43 bits per heavy atom. The molecule has 1 fully saturated rings. The first kappa shape index (κ1) is 10.8. The zero-order valence-electron chi connectivity index (χ0n) is 8.37. The van der Waals surface area contributed by atoms with E-state index in [0.29, 0.717) is 6.42 Å². The molecule has 0 unspecified atom stereocenters. The van der Waals surface area contributed by atoms with Gasteiger partial charge in [0.15, 0.2) is 0 Å². The Hall–Kier alpha value is -1.32. The van der Waals surface area contributed by atoms with Crippen molar-refractivity contribution in [2.24, 2.45) is 5.41 Å². The zero-order valence-corrected chi connectivity index (χ0v) is 8.37. The molecule has 0 bridgehead atoms. The minimum absolute atomic E-state index is 0.366. The van der Waals surface area contributed by atoms with Crippen LogP contribution >= 0.6 is 0 Å². The smallest absolute Gasteiger partial charge is 0.0728 e. The second-order valence-corrected chi connectivity index (χ2v) is 3.82. The molecule has 0 amide bonds. The maximum atomic E-state index is 9.05. The summed E-state index contributed by atoms with van der Waals surface area (Å²) in [5.41, 5.74) is -0.383. The Morgan fingerprint density at radius 2 is 2.00 bits per heavy atom. The SMILES string of the molecule is C=CCN1CCC(C#N)(CC#N)CC1. The van der Waals surface area contributed by atoms with Gasteiger partial charge in [-0.1, -0.05) is 6.08 Å². The lowest BCUT2D eigenvalue weighted by Crippen LogP contribution is -2.39. The summed E-state index contributed by atoms with van der Waals surface area (Å²) in [4.78, 5) is 2.26. The highest BCUT2D eigenvalue weighted by Crippen LogP contribution is 2.33. The molecule has 0 radical (unpaired) electrons. The van der Waals surface area contributed by atoms with E-state index in [2.05, 4.69) is 23.6 Å². The Morgan fingerprint density at radius 1 is 1.36 bits per heavy atom. The molecule has 0 atom stereocenters. The van der Waals surface area contributed by atoms with Crippen molar-refractivity contribution in [1.29, 1.82) is 10.5 Å². The molecule has 1 aliphatic heterocycles. The first-order chi connectivity index (χ1) is 6.76. The maximum absolute atomic E-state index is 9.05. The van der Waals surface area contributed by atoms with Crippen molar-refractivity contribution in [3.8, 4) is 12.1 Å². The van der Waals surface area contributed by atoms with Gasteiger partial charge >= 0.3 is 0 Å². The quantitative estimate of drug-likeness (QED) is 0.635. The average molecular weight is 189 g/mol. The van der Waals surface area contributed by atoms with Crippen LogP contribution in [0.15, 0.2) is 12.7 Å². The fourth-order valence-electron chi connectivity index (χ4n) is 1.83. The van der Waals surface area contributed by atoms with Crippen LogP contribution in [0, 0.1) is 28.1 Å². The van der Waals surface area contributed by atoms with Crippen molar-refractivity contribution in [2.75, 3.05) is 19.6 Å². The molecule has 0 aromatic heterocycles. The van der Waals surface area contributed by atoms with Crippen LogP contribution in [0.5, 0.6) is 0 Å². The first-order valence-electron chi connectivity index (χ1n) is 4.88. The van der Waals surface area contributed by atoms with Gasteiger partial charge in [-0.2, -0.15) is 10.5 Å². The van der Waals surface area contributed by atoms with Gasteiger partial charge in [-0.15, -0.1) is 6.58 Å². The molecule has 3 heteroatoms. The second kappa shape index (κ2) is 4.79. The normalized spacial score (nSPS) is 20.7. The predicted octanol–water partition coefficient (Wildman–Crippen LogP) is 1.69. The minimum atomic E-state index is -0.383. The third kappa shape index (κ3) is 2.34. The molecule has 0 N–H and O–H groups in total. The van der Waals surface area contributed by atoms with E-state index in [-0.39, 0.29) is 5.41 Å². The van der Waals surface area contributed by atoms with Gasteiger partial charge in [0, 0.05) is 19.6 Å². The zero-order chi connectivity index (χ0) is 10.4. The molecule has 1 aliphatic rings. The van der Waals surface area contributed by atoms with Crippen molar-refractivity contribution >= 4 is 0 Å². The van der Waals surface area contributed by atoms with Gasteiger partial charge in [-0.05, 0) is 12.8 Å². The summed E-state index contributed by atoms with van der Waals surface area (Å²) in [6, 6.07) is 4.42. The van der Waals surface area contributed by atoms with Crippen LogP contribution in [0.4, 0.5) is 0 Å². The number of hydrogen-bond acceptors (Lipinski definition) is 3. The van der Waals surface area contributed by atoms with Crippen LogP contribution in [0.25, 0.3) is 0 Å². The lowest BCUT2D eigenvalue weighted by molar-refractivity contribution is 0.160. The first-order valence-corrected chi connectivity index (χ1v) is 4.88. The van der Waals surface area contributed by atoms with E-state index in [9.17, 15) is 0 Å². The molecule has 0 aromatic carbocycles. The van der Waals surface area contributed by atoms with Crippen molar-refractivity contribution < 1.29 is 0 Å². The van der Waals surface area contributed by atoms with E-state index in [4.69, 9.17) is 10.5 Å². The highest BCUT2D eigenvalue weighted by atomic mass is 15.1. The fourth-order valence-corrected chi connectivity index (χ4v) is 1.83. The maximum Gasteiger partial charge on any atom is 0.0728 e. The van der Waals surface area contributed by atoms with Crippen LogP contribution in [0.1, 0.15) is 19.3 Å². The van der Waals surface area contributed by atoms with Crippen LogP contribution in [0.3, 0.4) is 0 Å². The topological polar surface area (TPSA) is 50.8 Å². The lowest BCUT2D eigenvalue weighted by Gasteiger charge is -2.35. The number of rotatable bonds is 3. The van der Waals surface area contributed by atoms with Gasteiger partial charge in [-0.3, -0.25) is 4.90 Å². The number of nitriles is 2. The summed E-state index contributed by atoms with van der Waals surface area (Å²) in [5.74, 6) is 0. The second-order valence-electron chi connectivity index (χ2n) is 3.82. The Kier molecular flexibility index (Phi) is 3.68. The standard InChI is InChI=1S/C11H15N3/c1-2-7-14-8-4-11(10-13,3-6-12)5-9-14/h2H,1,3-5,7-9H2. The number of likely N-dealkylation sites (tertiary alicyclic amines) is 1. The van der Waals surface area contributed by atoms with Crippen LogP contribution in [-0.2, 0) is 0 Å². The molecule has 0 aliphatic carbocycles. The molecule has 0 spiro atoms. The predicted molar refractivity (Wildman–Crippen MR) is 54.1 cm³/mol. The van der Waals surface area contributed by atoms with Crippen molar-refractivity contribution in [1.82, 2.24) is 4.90 Å². The monoisotopic (exact) mass is 189 g/mol. The molecule has 1 heterocycles. The summed E-state index contributed by atoms with van der Waals surface area (Å²) >= 11 is 0. The van der Waals surface area contributed by atoms with Crippen LogP contribution < -0.4 is 0 Å². The van der Waals surface area contributed by atoms with E-state index in [1.54, 1.807) is 0 Å². The van der Waals surface area contributed by atoms with Gasteiger partial charge in [-0.25, -0.2) is 0 Å². The number of piperidine rings is 1. The molecule has 14 heavy (non-hydrogen) atoms. The number of nitrogens with zero attached hydrogens (tertiary/aromatic N) is 3. The molecular formula is C11H15N3. The van der Waals surface area contributed by atoms with E-state index in [0.717, 1.165) is 32.5 Å². The molecule has 74 valence electrons. The van der Waals surface area contributed by atoms with Crippen molar-refractivity contribution in [3.63, 3.8) is 0 Å². The summed E-state index contributed by atoms with van der Waals surface area (Å²) in [6.07, 6.45) is 3.87. The van der Waals surface area contributed by atoms with Gasteiger partial charge < -0.3 is 0 Å². The Bertz CT molecular complexity index is 274. The molecule has 0 aromatic rings. The third-order valence-electron chi connectivity index (χ3n) is 2.86. The number of hydrogen-bond donors (Lipinski definition) is 0. The van der Waals surface area contributed by atoms with Crippen LogP contribution in [0.2, 0.25) is 0 Å². The van der Waals surface area contributed by atoms with Crippen molar-refractivity contribution in [2.45, 2.75) is 19.3 Å². The summed E-state index contributed by atoms with van der Waals surface area (Å²) in [7, 11) is 0. The molecular weight excluding hydrogens is 174 g/mol. The highest BCUT2D eigenvalue weighted by molar-refractivity contribution is 5.06. The molecule has 1 rings (SSSR count). The lowest BCUT2D eigenvalue weighted by atomic mass is 9.77. The van der Waals surface area contributed by atoms with Crippen LogP contribution in [-0.4, -0.2) is 24.5 Å². The largest absolute Gasteiger partial charge is 0.300 e.